The molecule has 0 fully saturated rings. The zero-order chi connectivity index (χ0) is 13.7. The number of hydrogen-bond donors (Lipinski definition) is 0. The largest absolute Gasteiger partial charge is 0.497 e. The summed E-state index contributed by atoms with van der Waals surface area (Å²) in [4.78, 5) is 0. The van der Waals surface area contributed by atoms with Gasteiger partial charge in [0, 0.05) is 0 Å². The lowest BCUT2D eigenvalue weighted by Gasteiger charge is -2.02. The molecule has 0 spiro atoms. The summed E-state index contributed by atoms with van der Waals surface area (Å²) in [5.41, 5.74) is 2.03. The van der Waals surface area contributed by atoms with Crippen LogP contribution >= 0.6 is 0 Å². The van der Waals surface area contributed by atoms with Crippen LogP contribution in [0.5, 0.6) is 5.75 Å². The van der Waals surface area contributed by atoms with E-state index in [4.69, 9.17) is 4.74 Å². The molecule has 0 saturated heterocycles. The number of rotatable bonds is 3. The lowest BCUT2D eigenvalue weighted by molar-refractivity contribution is 0.414. The monoisotopic (exact) mass is 253 g/mol. The summed E-state index contributed by atoms with van der Waals surface area (Å²) >= 11 is 0. The van der Waals surface area contributed by atoms with E-state index >= 15 is 0 Å². The fourth-order valence-corrected chi connectivity index (χ4v) is 1.71. The summed E-state index contributed by atoms with van der Waals surface area (Å²) in [6, 6.07) is 15.4. The second-order valence-electron chi connectivity index (χ2n) is 3.95. The van der Waals surface area contributed by atoms with Gasteiger partial charge in [-0.2, -0.15) is 5.26 Å². The number of nitriles is 1. The van der Waals surface area contributed by atoms with Gasteiger partial charge in [0.25, 0.3) is 0 Å². The number of nitrogens with zero attached hydrogens (tertiary/aromatic N) is 1. The fourth-order valence-electron chi connectivity index (χ4n) is 1.71. The molecule has 0 radical (unpaired) electrons. The minimum Gasteiger partial charge on any atom is -0.497 e. The van der Waals surface area contributed by atoms with Crippen molar-refractivity contribution in [3.05, 3.63) is 65.5 Å². The molecule has 94 valence electrons. The van der Waals surface area contributed by atoms with Crippen molar-refractivity contribution in [1.29, 1.82) is 5.26 Å². The van der Waals surface area contributed by atoms with Gasteiger partial charge < -0.3 is 4.74 Å². The Morgan fingerprint density at radius 2 is 1.95 bits per heavy atom. The molecule has 3 heteroatoms. The van der Waals surface area contributed by atoms with Gasteiger partial charge in [-0.25, -0.2) is 4.39 Å². The first-order valence-electron chi connectivity index (χ1n) is 5.75. The third kappa shape index (κ3) is 3.20. The molecule has 0 bridgehead atoms. The number of halogens is 1. The summed E-state index contributed by atoms with van der Waals surface area (Å²) in [6.45, 7) is 0. The third-order valence-corrected chi connectivity index (χ3v) is 2.68. The van der Waals surface area contributed by atoms with Crippen molar-refractivity contribution in [2.75, 3.05) is 7.11 Å². The molecular formula is C16H12FNO. The van der Waals surface area contributed by atoms with Crippen LogP contribution in [0.25, 0.3) is 11.6 Å². The Balaban J connectivity index is 2.38. The first-order valence-corrected chi connectivity index (χ1v) is 5.75. The number of hydrogen-bond acceptors (Lipinski definition) is 2. The quantitative estimate of drug-likeness (QED) is 0.614. The highest BCUT2D eigenvalue weighted by Gasteiger charge is 2.02. The van der Waals surface area contributed by atoms with Crippen LogP contribution in [0.1, 0.15) is 11.1 Å². The predicted octanol–water partition coefficient (Wildman–Crippen LogP) is 3.90. The SMILES string of the molecule is COc1cccc(/C=C(/C#N)c2ccc(F)cc2)c1. The lowest BCUT2D eigenvalue weighted by atomic mass is 10.0. The Kier molecular flexibility index (Phi) is 3.94. The van der Waals surface area contributed by atoms with Crippen molar-refractivity contribution in [1.82, 2.24) is 0 Å². The average Bonchev–Trinajstić information content (AvgIpc) is 2.46. The van der Waals surface area contributed by atoms with Crippen molar-refractivity contribution < 1.29 is 9.13 Å². The van der Waals surface area contributed by atoms with Crippen molar-refractivity contribution in [3.63, 3.8) is 0 Å². The molecule has 0 aliphatic heterocycles. The first kappa shape index (κ1) is 12.8. The van der Waals surface area contributed by atoms with Crippen LogP contribution in [-0.2, 0) is 0 Å². The number of benzene rings is 2. The molecule has 0 N–H and O–H groups in total. The molecule has 0 heterocycles. The van der Waals surface area contributed by atoms with Gasteiger partial charge in [0.15, 0.2) is 0 Å². The number of ether oxygens (including phenoxy) is 1. The van der Waals surface area contributed by atoms with Gasteiger partial charge in [0.2, 0.25) is 0 Å². The first-order chi connectivity index (χ1) is 9.22. The molecule has 0 aliphatic rings. The summed E-state index contributed by atoms with van der Waals surface area (Å²) in [7, 11) is 1.59. The van der Waals surface area contributed by atoms with Gasteiger partial charge in [-0.3, -0.25) is 0 Å². The molecule has 0 amide bonds. The van der Waals surface area contributed by atoms with Crippen molar-refractivity contribution >= 4 is 11.6 Å². The highest BCUT2D eigenvalue weighted by atomic mass is 19.1. The normalized spacial score (nSPS) is 10.9. The fraction of sp³-hybridized carbons (Fsp3) is 0.0625. The summed E-state index contributed by atoms with van der Waals surface area (Å²) in [5, 5.41) is 9.19. The molecule has 2 nitrogen and oxygen atoms in total. The Labute approximate surface area is 111 Å². The van der Waals surface area contributed by atoms with Gasteiger partial charge >= 0.3 is 0 Å². The van der Waals surface area contributed by atoms with Gasteiger partial charge in [0.1, 0.15) is 11.6 Å². The Morgan fingerprint density at radius 1 is 1.21 bits per heavy atom. The van der Waals surface area contributed by atoms with E-state index in [-0.39, 0.29) is 5.82 Å². The van der Waals surface area contributed by atoms with Crippen LogP contribution in [0.4, 0.5) is 4.39 Å². The van der Waals surface area contributed by atoms with Gasteiger partial charge in [-0.05, 0) is 41.5 Å². The van der Waals surface area contributed by atoms with E-state index in [0.29, 0.717) is 11.1 Å². The zero-order valence-electron chi connectivity index (χ0n) is 10.4. The second-order valence-corrected chi connectivity index (χ2v) is 3.95. The second kappa shape index (κ2) is 5.83. The maximum absolute atomic E-state index is 12.9. The molecule has 2 aromatic carbocycles. The zero-order valence-corrected chi connectivity index (χ0v) is 10.4. The van der Waals surface area contributed by atoms with Crippen molar-refractivity contribution in [3.8, 4) is 11.8 Å². The molecule has 0 unspecified atom stereocenters. The van der Waals surface area contributed by atoms with E-state index in [1.807, 2.05) is 24.3 Å². The summed E-state index contributed by atoms with van der Waals surface area (Å²) in [6.07, 6.45) is 1.75. The molecule has 0 aliphatic carbocycles. The number of methoxy groups -OCH3 is 1. The maximum atomic E-state index is 12.9. The topological polar surface area (TPSA) is 33.0 Å². The van der Waals surface area contributed by atoms with Crippen LogP contribution in [-0.4, -0.2) is 7.11 Å². The molecule has 0 atom stereocenters. The lowest BCUT2D eigenvalue weighted by Crippen LogP contribution is -1.85. The maximum Gasteiger partial charge on any atom is 0.123 e. The Hall–Kier alpha value is -2.60. The van der Waals surface area contributed by atoms with Gasteiger partial charge in [-0.15, -0.1) is 0 Å². The van der Waals surface area contributed by atoms with E-state index in [0.717, 1.165) is 11.3 Å². The molecular weight excluding hydrogens is 241 g/mol. The minimum atomic E-state index is -0.317. The van der Waals surface area contributed by atoms with Crippen molar-refractivity contribution in [2.24, 2.45) is 0 Å². The molecule has 2 rings (SSSR count). The van der Waals surface area contributed by atoms with E-state index < -0.39 is 0 Å². The van der Waals surface area contributed by atoms with Crippen molar-refractivity contribution in [2.45, 2.75) is 0 Å². The Morgan fingerprint density at radius 3 is 2.58 bits per heavy atom. The van der Waals surface area contributed by atoms with E-state index in [2.05, 4.69) is 6.07 Å². The van der Waals surface area contributed by atoms with Crippen LogP contribution in [0.2, 0.25) is 0 Å². The van der Waals surface area contributed by atoms with Crippen LogP contribution in [0.15, 0.2) is 48.5 Å². The van der Waals surface area contributed by atoms with E-state index in [9.17, 15) is 9.65 Å². The van der Waals surface area contributed by atoms with Crippen LogP contribution in [0, 0.1) is 17.1 Å². The molecule has 0 aromatic heterocycles. The molecule has 19 heavy (non-hydrogen) atoms. The Bertz CT molecular complexity index is 639. The minimum absolute atomic E-state index is 0.317. The van der Waals surface area contributed by atoms with E-state index in [1.54, 1.807) is 25.3 Å². The predicted molar refractivity (Wildman–Crippen MR) is 72.9 cm³/mol. The van der Waals surface area contributed by atoms with Gasteiger partial charge in [-0.1, -0.05) is 24.3 Å². The van der Waals surface area contributed by atoms with E-state index in [1.165, 1.54) is 12.1 Å². The standard InChI is InChI=1S/C16H12FNO/c1-19-16-4-2-3-12(10-16)9-14(11-18)13-5-7-15(17)8-6-13/h2-10H,1H3/b14-9-. The highest BCUT2D eigenvalue weighted by molar-refractivity contribution is 5.89. The van der Waals surface area contributed by atoms with Crippen LogP contribution < -0.4 is 4.74 Å². The average molecular weight is 253 g/mol. The smallest absolute Gasteiger partial charge is 0.123 e. The molecule has 0 saturated carbocycles. The summed E-state index contributed by atoms with van der Waals surface area (Å²) < 4.78 is 18.0. The third-order valence-electron chi connectivity index (χ3n) is 2.68. The molecule has 2 aromatic rings. The van der Waals surface area contributed by atoms with Crippen LogP contribution in [0.3, 0.4) is 0 Å². The highest BCUT2D eigenvalue weighted by Crippen LogP contribution is 2.20. The summed E-state index contributed by atoms with van der Waals surface area (Å²) in [5.74, 6) is 0.410. The van der Waals surface area contributed by atoms with Gasteiger partial charge in [0.05, 0.1) is 18.8 Å². The number of allylic oxidation sites excluding steroid dienone is 1.